The van der Waals surface area contributed by atoms with Gasteiger partial charge in [-0.25, -0.2) is 9.18 Å². The highest BCUT2D eigenvalue weighted by Gasteiger charge is 2.26. The van der Waals surface area contributed by atoms with Crippen LogP contribution in [0.1, 0.15) is 22.8 Å². The largest absolute Gasteiger partial charge is 0.446 e. The Bertz CT molecular complexity index is 1390. The molecule has 9 heteroatoms. The summed E-state index contributed by atoms with van der Waals surface area (Å²) in [7, 11) is 0. The lowest BCUT2D eigenvalue weighted by Gasteiger charge is -2.18. The molecule has 3 aromatic carbocycles. The van der Waals surface area contributed by atoms with Crippen molar-refractivity contribution in [1.82, 2.24) is 9.78 Å². The molecular weight excluding hydrogens is 453 g/mol. The predicted octanol–water partition coefficient (Wildman–Crippen LogP) is 4.18. The first-order valence-electron chi connectivity index (χ1n) is 10.8. The lowest BCUT2D eigenvalue weighted by Crippen LogP contribution is -2.29. The number of ether oxygens (including phenoxy) is 1. The number of hydrogen-bond donors (Lipinski definition) is 1. The van der Waals surface area contributed by atoms with Gasteiger partial charge in [0, 0.05) is 16.8 Å². The average Bonchev–Trinajstić information content (AvgIpc) is 3.17. The van der Waals surface area contributed by atoms with E-state index in [0.717, 1.165) is 15.8 Å². The van der Waals surface area contributed by atoms with Crippen LogP contribution in [0.5, 0.6) is 0 Å². The molecule has 0 aliphatic heterocycles. The molecule has 178 valence electrons. The molecular formula is C26H22FN3O5. The van der Waals surface area contributed by atoms with E-state index in [2.05, 4.69) is 10.4 Å². The molecule has 0 saturated carbocycles. The van der Waals surface area contributed by atoms with E-state index in [0.29, 0.717) is 16.8 Å². The van der Waals surface area contributed by atoms with Gasteiger partial charge in [0.05, 0.1) is 0 Å². The average molecular weight is 475 g/mol. The minimum absolute atomic E-state index is 0.0741. The van der Waals surface area contributed by atoms with E-state index < -0.39 is 36.1 Å². The van der Waals surface area contributed by atoms with Crippen LogP contribution in [0.4, 0.5) is 10.1 Å². The van der Waals surface area contributed by atoms with Gasteiger partial charge in [-0.2, -0.15) is 4.68 Å². The van der Waals surface area contributed by atoms with E-state index in [9.17, 15) is 18.8 Å². The van der Waals surface area contributed by atoms with Gasteiger partial charge in [-0.15, -0.1) is 5.10 Å². The topological polar surface area (TPSA) is 103 Å². The number of halogens is 1. The fourth-order valence-corrected chi connectivity index (χ4v) is 3.56. The summed E-state index contributed by atoms with van der Waals surface area (Å²) in [5.74, 6) is -2.83. The zero-order chi connectivity index (χ0) is 24.9. The van der Waals surface area contributed by atoms with Gasteiger partial charge in [0.1, 0.15) is 12.4 Å². The van der Waals surface area contributed by atoms with E-state index in [4.69, 9.17) is 9.15 Å². The predicted molar refractivity (Wildman–Crippen MR) is 126 cm³/mol. The third kappa shape index (κ3) is 5.89. The second kappa shape index (κ2) is 10.2. The molecule has 0 aliphatic carbocycles. The second-order valence-corrected chi connectivity index (χ2v) is 7.98. The number of nitrogens with zero attached hydrogens (tertiary/aromatic N) is 2. The van der Waals surface area contributed by atoms with Crippen molar-refractivity contribution >= 4 is 17.6 Å². The van der Waals surface area contributed by atoms with Gasteiger partial charge >= 0.3 is 11.7 Å². The van der Waals surface area contributed by atoms with Crippen LogP contribution in [0.2, 0.25) is 0 Å². The van der Waals surface area contributed by atoms with Gasteiger partial charge in [-0.3, -0.25) is 9.59 Å². The van der Waals surface area contributed by atoms with E-state index in [1.807, 2.05) is 19.9 Å². The molecule has 35 heavy (non-hydrogen) atoms. The first kappa shape index (κ1) is 23.6. The number of carbonyl (C=O) groups excluding carboxylic acids is 2. The number of amides is 1. The summed E-state index contributed by atoms with van der Waals surface area (Å²) in [5.41, 5.74) is 3.33. The van der Waals surface area contributed by atoms with Gasteiger partial charge in [0.2, 0.25) is 12.0 Å². The molecule has 0 radical (unpaired) electrons. The number of hydrogen-bond acceptors (Lipinski definition) is 6. The number of benzene rings is 3. The summed E-state index contributed by atoms with van der Waals surface area (Å²) >= 11 is 0. The van der Waals surface area contributed by atoms with Gasteiger partial charge in [0.25, 0.3) is 5.91 Å². The Kier molecular flexibility index (Phi) is 6.86. The summed E-state index contributed by atoms with van der Waals surface area (Å²) in [6.45, 7) is 3.24. The molecule has 4 aromatic rings. The molecule has 0 bridgehead atoms. The number of aromatic nitrogens is 2. The number of esters is 1. The zero-order valence-electron chi connectivity index (χ0n) is 19.0. The van der Waals surface area contributed by atoms with Crippen LogP contribution in [0.3, 0.4) is 0 Å². The van der Waals surface area contributed by atoms with E-state index >= 15 is 0 Å². The van der Waals surface area contributed by atoms with Crippen molar-refractivity contribution in [3.8, 4) is 11.5 Å². The smallest absolute Gasteiger partial charge is 0.437 e. The molecule has 0 fully saturated rings. The third-order valence-corrected chi connectivity index (χ3v) is 5.06. The highest BCUT2D eigenvalue weighted by atomic mass is 19.1. The maximum atomic E-state index is 13.2. The zero-order valence-corrected chi connectivity index (χ0v) is 19.0. The van der Waals surface area contributed by atoms with Crippen molar-refractivity contribution in [1.29, 1.82) is 0 Å². The van der Waals surface area contributed by atoms with Gasteiger partial charge in [0.15, 0.2) is 0 Å². The maximum Gasteiger partial charge on any atom is 0.437 e. The molecule has 4 rings (SSSR count). The molecule has 0 saturated heterocycles. The molecule has 1 N–H and O–H groups in total. The number of nitrogens with one attached hydrogen (secondary N) is 1. The Balaban J connectivity index is 1.52. The number of anilines is 1. The number of aryl methyl sites for hydroxylation is 2. The molecule has 8 nitrogen and oxygen atoms in total. The van der Waals surface area contributed by atoms with Crippen molar-refractivity contribution in [2.24, 2.45) is 0 Å². The molecule has 1 unspecified atom stereocenters. The van der Waals surface area contributed by atoms with E-state index in [1.54, 1.807) is 42.5 Å². The molecule has 1 atom stereocenters. The fourth-order valence-electron chi connectivity index (χ4n) is 3.56. The monoisotopic (exact) mass is 475 g/mol. The van der Waals surface area contributed by atoms with Gasteiger partial charge in [-0.1, -0.05) is 36.4 Å². The van der Waals surface area contributed by atoms with Crippen LogP contribution >= 0.6 is 0 Å². The number of rotatable bonds is 7. The van der Waals surface area contributed by atoms with Crippen LogP contribution < -0.4 is 11.1 Å². The molecule has 0 aliphatic rings. The minimum Gasteiger partial charge on any atom is -0.446 e. The van der Waals surface area contributed by atoms with Crippen LogP contribution in [0, 0.1) is 19.7 Å². The third-order valence-electron chi connectivity index (χ3n) is 5.06. The summed E-state index contributed by atoms with van der Waals surface area (Å²) in [5, 5.41) is 6.76. The summed E-state index contributed by atoms with van der Waals surface area (Å²) in [6, 6.07) is 19.3. The molecule has 0 spiro atoms. The van der Waals surface area contributed by atoms with Crippen molar-refractivity contribution in [3.05, 3.63) is 106 Å². The van der Waals surface area contributed by atoms with Crippen molar-refractivity contribution in [2.45, 2.75) is 26.5 Å². The SMILES string of the molecule is Cc1cc(C)cc(NC(=O)C(OC(=O)Cn2nc(-c3ccc(F)cc3)oc2=O)c2ccccc2)c1. The first-order chi connectivity index (χ1) is 16.8. The summed E-state index contributed by atoms with van der Waals surface area (Å²) in [6.07, 6.45) is -1.26. The quantitative estimate of drug-likeness (QED) is 0.402. The minimum atomic E-state index is -1.26. The summed E-state index contributed by atoms with van der Waals surface area (Å²) in [4.78, 5) is 38.0. The standard InChI is InChI=1S/C26H22FN3O5/c1-16-12-17(2)14-21(13-16)28-24(32)23(18-6-4-3-5-7-18)34-22(31)15-30-26(33)35-25(29-30)19-8-10-20(27)11-9-19/h3-14,23H,15H2,1-2H3,(H,28,32). The molecule has 1 heterocycles. The first-order valence-corrected chi connectivity index (χ1v) is 10.8. The molecule has 1 aromatic heterocycles. The van der Waals surface area contributed by atoms with E-state index in [1.165, 1.54) is 24.3 Å². The Labute approximate surface area is 200 Å². The van der Waals surface area contributed by atoms with Gasteiger partial charge < -0.3 is 14.5 Å². The Morgan fingerprint density at radius 2 is 1.69 bits per heavy atom. The second-order valence-electron chi connectivity index (χ2n) is 7.98. The lowest BCUT2D eigenvalue weighted by molar-refractivity contribution is -0.155. The van der Waals surface area contributed by atoms with Crippen molar-refractivity contribution < 1.29 is 23.1 Å². The van der Waals surface area contributed by atoms with Crippen LogP contribution in [-0.2, 0) is 20.9 Å². The maximum absolute atomic E-state index is 13.2. The molecule has 1 amide bonds. The normalized spacial score (nSPS) is 11.6. The fraction of sp³-hybridized carbons (Fsp3) is 0.154. The Morgan fingerprint density at radius 1 is 1.03 bits per heavy atom. The number of carbonyl (C=O) groups is 2. The Hall–Kier alpha value is -4.53. The summed E-state index contributed by atoms with van der Waals surface area (Å²) < 4.78 is 24.5. The Morgan fingerprint density at radius 3 is 2.34 bits per heavy atom. The van der Waals surface area contributed by atoms with E-state index in [-0.39, 0.29) is 5.89 Å². The highest BCUT2D eigenvalue weighted by molar-refractivity contribution is 5.96. The van der Waals surface area contributed by atoms with Crippen LogP contribution in [0.25, 0.3) is 11.5 Å². The van der Waals surface area contributed by atoms with Gasteiger partial charge in [-0.05, 0) is 61.4 Å². The van der Waals surface area contributed by atoms with Crippen molar-refractivity contribution in [2.75, 3.05) is 5.32 Å². The van der Waals surface area contributed by atoms with Crippen LogP contribution in [-0.4, -0.2) is 21.7 Å². The highest BCUT2D eigenvalue weighted by Crippen LogP contribution is 2.22. The van der Waals surface area contributed by atoms with Crippen molar-refractivity contribution in [3.63, 3.8) is 0 Å². The lowest BCUT2D eigenvalue weighted by atomic mass is 10.1. The van der Waals surface area contributed by atoms with Crippen LogP contribution in [0.15, 0.2) is 82.0 Å².